The summed E-state index contributed by atoms with van der Waals surface area (Å²) in [5, 5.41) is 2.73. The molecule has 0 fully saturated rings. The predicted molar refractivity (Wildman–Crippen MR) is 103 cm³/mol. The van der Waals surface area contributed by atoms with E-state index in [0.717, 1.165) is 16.3 Å². The Morgan fingerprint density at radius 1 is 1.19 bits per heavy atom. The van der Waals surface area contributed by atoms with E-state index in [9.17, 15) is 9.59 Å². The number of fused-ring (bicyclic) bond motifs is 2. The molecule has 5 nitrogen and oxygen atoms in total. The lowest BCUT2D eigenvalue weighted by atomic mass is 10.0. The monoisotopic (exact) mass is 364 g/mol. The topological polar surface area (TPSA) is 61.2 Å². The highest BCUT2D eigenvalue weighted by molar-refractivity contribution is 7.20. The lowest BCUT2D eigenvalue weighted by Crippen LogP contribution is -2.21. The normalized spacial score (nSPS) is 11.2. The fourth-order valence-electron chi connectivity index (χ4n) is 3.17. The minimum absolute atomic E-state index is 0.146. The summed E-state index contributed by atoms with van der Waals surface area (Å²) in [6.07, 6.45) is 1.55. The molecular formula is C20H16N2O3S. The van der Waals surface area contributed by atoms with Crippen molar-refractivity contribution in [2.24, 2.45) is 0 Å². The summed E-state index contributed by atoms with van der Waals surface area (Å²) in [4.78, 5) is 30.3. The van der Waals surface area contributed by atoms with E-state index in [-0.39, 0.29) is 5.56 Å². The molecule has 0 saturated carbocycles. The average Bonchev–Trinajstić information content (AvgIpc) is 3.01. The molecule has 0 unspecified atom stereocenters. The lowest BCUT2D eigenvalue weighted by Gasteiger charge is -2.09. The van der Waals surface area contributed by atoms with E-state index in [2.05, 4.69) is 17.1 Å². The van der Waals surface area contributed by atoms with Crippen molar-refractivity contribution >= 4 is 38.3 Å². The molecule has 2 heterocycles. The summed E-state index contributed by atoms with van der Waals surface area (Å²) in [5.74, 6) is -0.439. The molecule has 0 radical (unpaired) electrons. The van der Waals surface area contributed by atoms with Crippen LogP contribution in [0.1, 0.15) is 20.8 Å². The summed E-state index contributed by atoms with van der Waals surface area (Å²) in [7, 11) is 1.33. The van der Waals surface area contributed by atoms with Crippen LogP contribution in [0.15, 0.2) is 53.6 Å². The molecule has 0 aliphatic carbocycles. The first-order valence-electron chi connectivity index (χ1n) is 8.13. The number of aromatic nitrogens is 2. The van der Waals surface area contributed by atoms with Crippen LogP contribution in [0.5, 0.6) is 0 Å². The molecular weight excluding hydrogens is 348 g/mol. The molecule has 0 bridgehead atoms. The van der Waals surface area contributed by atoms with E-state index in [0.29, 0.717) is 27.2 Å². The smallest absolute Gasteiger partial charge is 0.348 e. The van der Waals surface area contributed by atoms with Crippen LogP contribution < -0.4 is 5.56 Å². The maximum absolute atomic E-state index is 13.0. The number of aryl methyl sites for hydroxylation is 1. The Kier molecular flexibility index (Phi) is 4.05. The van der Waals surface area contributed by atoms with Gasteiger partial charge in [-0.3, -0.25) is 9.36 Å². The van der Waals surface area contributed by atoms with Crippen molar-refractivity contribution in [3.05, 3.63) is 75.1 Å². The van der Waals surface area contributed by atoms with Crippen molar-refractivity contribution < 1.29 is 9.53 Å². The first-order chi connectivity index (χ1) is 12.6. The summed E-state index contributed by atoms with van der Waals surface area (Å²) < 4.78 is 6.38. The predicted octanol–water partition coefficient (Wildman–Crippen LogP) is 3.75. The highest BCUT2D eigenvalue weighted by Crippen LogP contribution is 2.27. The third-order valence-electron chi connectivity index (χ3n) is 4.51. The molecule has 0 atom stereocenters. The maximum Gasteiger partial charge on any atom is 0.348 e. The Hall–Kier alpha value is -2.99. The third kappa shape index (κ3) is 2.59. The van der Waals surface area contributed by atoms with Crippen LogP contribution in [0.25, 0.3) is 21.0 Å². The molecule has 0 spiro atoms. The average molecular weight is 364 g/mol. The molecule has 0 saturated heterocycles. The Bertz CT molecular complexity index is 1200. The van der Waals surface area contributed by atoms with E-state index in [1.165, 1.54) is 18.4 Å². The van der Waals surface area contributed by atoms with E-state index < -0.39 is 5.97 Å². The van der Waals surface area contributed by atoms with Gasteiger partial charge in [-0.15, -0.1) is 11.3 Å². The second-order valence-electron chi connectivity index (χ2n) is 6.04. The van der Waals surface area contributed by atoms with Gasteiger partial charge in [0.1, 0.15) is 9.71 Å². The van der Waals surface area contributed by atoms with Gasteiger partial charge in [0.05, 0.1) is 25.4 Å². The number of thiophene rings is 1. The molecule has 2 aromatic heterocycles. The number of rotatable bonds is 3. The Balaban J connectivity index is 1.85. The number of methoxy groups -OCH3 is 1. The van der Waals surface area contributed by atoms with E-state index in [1.807, 2.05) is 30.3 Å². The van der Waals surface area contributed by atoms with Crippen molar-refractivity contribution in [3.8, 4) is 0 Å². The van der Waals surface area contributed by atoms with E-state index >= 15 is 0 Å². The number of hydrogen-bond acceptors (Lipinski definition) is 5. The molecule has 6 heteroatoms. The summed E-state index contributed by atoms with van der Waals surface area (Å²) in [6, 6.07) is 14.1. The Morgan fingerprint density at radius 2 is 1.96 bits per heavy atom. The van der Waals surface area contributed by atoms with Crippen LogP contribution in [-0.4, -0.2) is 22.6 Å². The number of esters is 1. The maximum atomic E-state index is 13.0. The standard InChI is InChI=1S/C20H16N2O3S/c1-12-16-18(26-17(12)20(24)25-2)21-11-22(19(16)23)10-14-8-5-7-13-6-3-4-9-15(13)14/h3-9,11H,10H2,1-2H3. The highest BCUT2D eigenvalue weighted by Gasteiger charge is 2.20. The Labute approximate surface area is 153 Å². The quantitative estimate of drug-likeness (QED) is 0.520. The lowest BCUT2D eigenvalue weighted by molar-refractivity contribution is 0.0605. The van der Waals surface area contributed by atoms with Crippen molar-refractivity contribution in [2.75, 3.05) is 7.11 Å². The Morgan fingerprint density at radius 3 is 2.77 bits per heavy atom. The van der Waals surface area contributed by atoms with Crippen LogP contribution in [0.2, 0.25) is 0 Å². The van der Waals surface area contributed by atoms with Gasteiger partial charge in [-0.2, -0.15) is 0 Å². The largest absolute Gasteiger partial charge is 0.465 e. The zero-order valence-electron chi connectivity index (χ0n) is 14.4. The van der Waals surface area contributed by atoms with Gasteiger partial charge in [0.2, 0.25) is 0 Å². The zero-order valence-corrected chi connectivity index (χ0v) is 15.2. The van der Waals surface area contributed by atoms with Crippen molar-refractivity contribution in [1.29, 1.82) is 0 Å². The van der Waals surface area contributed by atoms with Crippen molar-refractivity contribution in [3.63, 3.8) is 0 Å². The van der Waals surface area contributed by atoms with Gasteiger partial charge >= 0.3 is 5.97 Å². The van der Waals surface area contributed by atoms with E-state index in [1.54, 1.807) is 17.8 Å². The van der Waals surface area contributed by atoms with Gasteiger partial charge in [0, 0.05) is 0 Å². The molecule has 26 heavy (non-hydrogen) atoms. The van der Waals surface area contributed by atoms with E-state index in [4.69, 9.17) is 4.74 Å². The molecule has 0 aliphatic heterocycles. The van der Waals surface area contributed by atoms with Gasteiger partial charge in [-0.05, 0) is 28.8 Å². The summed E-state index contributed by atoms with van der Waals surface area (Å²) in [6.45, 7) is 2.18. The second-order valence-corrected chi connectivity index (χ2v) is 7.04. The summed E-state index contributed by atoms with van der Waals surface area (Å²) in [5.41, 5.74) is 1.53. The summed E-state index contributed by atoms with van der Waals surface area (Å²) >= 11 is 1.19. The van der Waals surface area contributed by atoms with Crippen LogP contribution in [0, 0.1) is 6.92 Å². The minimum Gasteiger partial charge on any atom is -0.465 e. The van der Waals surface area contributed by atoms with Gasteiger partial charge in [0.15, 0.2) is 0 Å². The number of ether oxygens (including phenoxy) is 1. The number of benzene rings is 2. The first kappa shape index (κ1) is 16.5. The van der Waals surface area contributed by atoms with Gasteiger partial charge < -0.3 is 4.74 Å². The van der Waals surface area contributed by atoms with Crippen LogP contribution in [0.4, 0.5) is 0 Å². The second kappa shape index (κ2) is 6.38. The highest BCUT2D eigenvalue weighted by atomic mass is 32.1. The number of carbonyl (C=O) groups excluding carboxylic acids is 1. The fourth-order valence-corrected chi connectivity index (χ4v) is 4.23. The van der Waals surface area contributed by atoms with Crippen molar-refractivity contribution in [2.45, 2.75) is 13.5 Å². The van der Waals surface area contributed by atoms with Gasteiger partial charge in [-0.25, -0.2) is 9.78 Å². The third-order valence-corrected chi connectivity index (χ3v) is 5.69. The van der Waals surface area contributed by atoms with Gasteiger partial charge in [0.25, 0.3) is 5.56 Å². The SMILES string of the molecule is COC(=O)c1sc2ncn(Cc3cccc4ccccc34)c(=O)c2c1C. The molecule has 130 valence electrons. The fraction of sp³-hybridized carbons (Fsp3) is 0.150. The number of nitrogens with zero attached hydrogens (tertiary/aromatic N) is 2. The molecule has 0 N–H and O–H groups in total. The molecule has 4 rings (SSSR count). The molecule has 0 amide bonds. The number of hydrogen-bond donors (Lipinski definition) is 0. The number of carbonyl (C=O) groups is 1. The minimum atomic E-state index is -0.439. The van der Waals surface area contributed by atoms with Crippen LogP contribution >= 0.6 is 11.3 Å². The van der Waals surface area contributed by atoms with Gasteiger partial charge in [-0.1, -0.05) is 42.5 Å². The van der Waals surface area contributed by atoms with Crippen LogP contribution in [-0.2, 0) is 11.3 Å². The molecule has 2 aromatic carbocycles. The zero-order chi connectivity index (χ0) is 18.3. The first-order valence-corrected chi connectivity index (χ1v) is 8.95. The molecule has 4 aromatic rings. The van der Waals surface area contributed by atoms with Crippen LogP contribution in [0.3, 0.4) is 0 Å². The molecule has 0 aliphatic rings. The van der Waals surface area contributed by atoms with Crippen molar-refractivity contribution in [1.82, 2.24) is 9.55 Å².